The fourth-order valence-corrected chi connectivity index (χ4v) is 1.05. The summed E-state index contributed by atoms with van der Waals surface area (Å²) in [4.78, 5) is 21.8. The average Bonchev–Trinajstić information content (AvgIpc) is 2.15. The number of aliphatic carboxylic acids is 1. The summed E-state index contributed by atoms with van der Waals surface area (Å²) >= 11 is 0. The molecule has 0 fully saturated rings. The topological polar surface area (TPSA) is 130 Å². The summed E-state index contributed by atoms with van der Waals surface area (Å²) in [5.74, 6) is -1.41. The molecule has 0 bridgehead atoms. The third-order valence-corrected chi connectivity index (χ3v) is 1.81. The van der Waals surface area contributed by atoms with Crippen LogP contribution in [0.5, 0.6) is 0 Å². The number of nitrogens with one attached hydrogen (secondary N) is 2. The summed E-state index contributed by atoms with van der Waals surface area (Å²) in [6.45, 7) is 0.403. The van der Waals surface area contributed by atoms with E-state index < -0.39 is 24.0 Å². The van der Waals surface area contributed by atoms with Crippen molar-refractivity contribution in [2.45, 2.75) is 18.5 Å². The molecule has 0 aromatic heterocycles. The highest BCUT2D eigenvalue weighted by Gasteiger charge is 2.18. The van der Waals surface area contributed by atoms with Crippen LogP contribution >= 0.6 is 0 Å². The fourth-order valence-electron chi connectivity index (χ4n) is 1.05. The Morgan fingerprint density at radius 1 is 1.47 bits per heavy atom. The molecule has 0 saturated carbocycles. The molecule has 7 heteroatoms. The van der Waals surface area contributed by atoms with Crippen LogP contribution in [0.4, 0.5) is 0 Å². The number of amides is 1. The quantitative estimate of drug-likeness (QED) is 0.320. The van der Waals surface area contributed by atoms with E-state index >= 15 is 0 Å². The van der Waals surface area contributed by atoms with Gasteiger partial charge in [0.05, 0.1) is 18.5 Å². The van der Waals surface area contributed by atoms with Crippen LogP contribution in [0.15, 0.2) is 0 Å². The molecule has 0 heterocycles. The van der Waals surface area contributed by atoms with Gasteiger partial charge < -0.3 is 27.2 Å². The van der Waals surface area contributed by atoms with Crippen molar-refractivity contribution in [3.05, 3.63) is 0 Å². The van der Waals surface area contributed by atoms with Crippen molar-refractivity contribution in [3.63, 3.8) is 0 Å². The smallest absolute Gasteiger partial charge is 0.305 e. The molecule has 0 rings (SSSR count). The first-order valence-electron chi connectivity index (χ1n) is 4.63. The lowest BCUT2D eigenvalue weighted by atomic mass is 10.2. The first-order valence-corrected chi connectivity index (χ1v) is 4.63. The van der Waals surface area contributed by atoms with Crippen LogP contribution in [0, 0.1) is 0 Å². The molecule has 7 N–H and O–H groups in total. The Morgan fingerprint density at radius 2 is 2.07 bits per heavy atom. The second-order valence-corrected chi connectivity index (χ2v) is 3.20. The van der Waals surface area contributed by atoms with Crippen molar-refractivity contribution in [3.8, 4) is 0 Å². The van der Waals surface area contributed by atoms with E-state index in [-0.39, 0.29) is 13.0 Å². The van der Waals surface area contributed by atoms with Gasteiger partial charge >= 0.3 is 5.97 Å². The fraction of sp³-hybridized carbons (Fsp3) is 0.750. The SMILES string of the molecule is CNCC(CC(=O)O)NC(=O)C(N)CN. The molecule has 7 nitrogen and oxygen atoms in total. The summed E-state index contributed by atoms with van der Waals surface area (Å²) in [7, 11) is 1.67. The molecular weight excluding hydrogens is 200 g/mol. The number of hydrogen-bond donors (Lipinski definition) is 5. The lowest BCUT2D eigenvalue weighted by Gasteiger charge is -2.18. The average molecular weight is 218 g/mol. The minimum absolute atomic E-state index is 0.0329. The van der Waals surface area contributed by atoms with Crippen molar-refractivity contribution < 1.29 is 14.7 Å². The molecular formula is C8H18N4O3. The molecule has 88 valence electrons. The van der Waals surface area contributed by atoms with E-state index in [2.05, 4.69) is 10.6 Å². The van der Waals surface area contributed by atoms with Crippen molar-refractivity contribution in [2.24, 2.45) is 11.5 Å². The zero-order valence-corrected chi connectivity index (χ0v) is 8.69. The molecule has 0 spiro atoms. The summed E-state index contributed by atoms with van der Waals surface area (Å²) < 4.78 is 0. The minimum atomic E-state index is -0.975. The number of carbonyl (C=O) groups is 2. The van der Waals surface area contributed by atoms with Gasteiger partial charge in [-0.05, 0) is 7.05 Å². The van der Waals surface area contributed by atoms with E-state index in [9.17, 15) is 9.59 Å². The molecule has 0 aromatic rings. The summed E-state index contributed by atoms with van der Waals surface area (Å²) in [5, 5.41) is 13.9. The number of likely N-dealkylation sites (N-methyl/N-ethyl adjacent to an activating group) is 1. The lowest BCUT2D eigenvalue weighted by Crippen LogP contribution is -2.51. The van der Waals surface area contributed by atoms with Gasteiger partial charge in [-0.1, -0.05) is 0 Å². The molecule has 0 radical (unpaired) electrons. The van der Waals surface area contributed by atoms with E-state index in [0.717, 1.165) is 0 Å². The Bertz CT molecular complexity index is 222. The monoisotopic (exact) mass is 218 g/mol. The molecule has 0 aliphatic heterocycles. The normalized spacial score (nSPS) is 14.3. The highest BCUT2D eigenvalue weighted by atomic mass is 16.4. The minimum Gasteiger partial charge on any atom is -0.481 e. The first-order chi connectivity index (χ1) is 7.01. The summed E-state index contributed by atoms with van der Waals surface area (Å²) in [6, 6.07) is -1.27. The Labute approximate surface area is 88.2 Å². The molecule has 15 heavy (non-hydrogen) atoms. The maximum absolute atomic E-state index is 11.3. The third kappa shape index (κ3) is 6.00. The molecule has 2 unspecified atom stereocenters. The van der Waals surface area contributed by atoms with Crippen LogP contribution in [0.2, 0.25) is 0 Å². The standard InChI is InChI=1S/C8H18N4O3/c1-11-4-5(2-7(13)14)12-8(15)6(10)3-9/h5-6,11H,2-4,9-10H2,1H3,(H,12,15)(H,13,14). The second kappa shape index (κ2) is 7.16. The van der Waals surface area contributed by atoms with E-state index in [4.69, 9.17) is 16.6 Å². The van der Waals surface area contributed by atoms with Gasteiger partial charge in [-0.15, -0.1) is 0 Å². The number of carbonyl (C=O) groups excluding carboxylic acids is 1. The Hall–Kier alpha value is -1.18. The van der Waals surface area contributed by atoms with Crippen LogP contribution in [0.25, 0.3) is 0 Å². The van der Waals surface area contributed by atoms with Crippen molar-refractivity contribution in [1.82, 2.24) is 10.6 Å². The Balaban J connectivity index is 4.14. The number of nitrogens with two attached hydrogens (primary N) is 2. The van der Waals surface area contributed by atoms with E-state index in [0.29, 0.717) is 6.54 Å². The van der Waals surface area contributed by atoms with Gasteiger partial charge in [0.25, 0.3) is 0 Å². The van der Waals surface area contributed by atoms with Crippen LogP contribution in [0.1, 0.15) is 6.42 Å². The van der Waals surface area contributed by atoms with Crippen molar-refractivity contribution in [1.29, 1.82) is 0 Å². The molecule has 0 aliphatic rings. The van der Waals surface area contributed by atoms with Crippen molar-refractivity contribution in [2.75, 3.05) is 20.1 Å². The first kappa shape index (κ1) is 13.8. The van der Waals surface area contributed by atoms with Crippen molar-refractivity contribution >= 4 is 11.9 Å². The van der Waals surface area contributed by atoms with E-state index in [1.165, 1.54) is 0 Å². The third-order valence-electron chi connectivity index (χ3n) is 1.81. The van der Waals surface area contributed by atoms with Gasteiger partial charge in [-0.25, -0.2) is 0 Å². The zero-order chi connectivity index (χ0) is 11.8. The molecule has 0 aromatic carbocycles. The van der Waals surface area contributed by atoms with E-state index in [1.807, 2.05) is 0 Å². The van der Waals surface area contributed by atoms with Crippen LogP contribution in [-0.4, -0.2) is 49.2 Å². The number of carboxylic acids is 1. The number of hydrogen-bond acceptors (Lipinski definition) is 5. The van der Waals surface area contributed by atoms with Gasteiger partial charge in [-0.2, -0.15) is 0 Å². The summed E-state index contributed by atoms with van der Waals surface area (Å²) in [6.07, 6.45) is -0.149. The number of carboxylic acid groups (broad SMARTS) is 1. The summed E-state index contributed by atoms with van der Waals surface area (Å²) in [5.41, 5.74) is 10.6. The highest BCUT2D eigenvalue weighted by molar-refractivity contribution is 5.82. The zero-order valence-electron chi connectivity index (χ0n) is 8.69. The van der Waals surface area contributed by atoms with Crippen LogP contribution in [-0.2, 0) is 9.59 Å². The predicted octanol–water partition coefficient (Wildman–Crippen LogP) is -2.55. The predicted molar refractivity (Wildman–Crippen MR) is 55.1 cm³/mol. The molecule has 1 amide bonds. The molecule has 0 aliphatic carbocycles. The Morgan fingerprint density at radius 3 is 2.47 bits per heavy atom. The van der Waals surface area contributed by atoms with Gasteiger partial charge in [-0.3, -0.25) is 9.59 Å². The Kier molecular flexibility index (Phi) is 6.59. The van der Waals surface area contributed by atoms with Gasteiger partial charge in [0, 0.05) is 13.1 Å². The van der Waals surface area contributed by atoms with Gasteiger partial charge in [0.1, 0.15) is 0 Å². The lowest BCUT2D eigenvalue weighted by molar-refractivity contribution is -0.137. The van der Waals surface area contributed by atoms with Gasteiger partial charge in [0.15, 0.2) is 0 Å². The van der Waals surface area contributed by atoms with Crippen LogP contribution in [0.3, 0.4) is 0 Å². The maximum Gasteiger partial charge on any atom is 0.305 e. The van der Waals surface area contributed by atoms with E-state index in [1.54, 1.807) is 7.05 Å². The number of rotatable bonds is 7. The molecule has 0 saturated heterocycles. The van der Waals surface area contributed by atoms with Crippen LogP contribution < -0.4 is 22.1 Å². The largest absolute Gasteiger partial charge is 0.481 e. The molecule has 2 atom stereocenters. The second-order valence-electron chi connectivity index (χ2n) is 3.20. The highest BCUT2D eigenvalue weighted by Crippen LogP contribution is 1.91. The van der Waals surface area contributed by atoms with Gasteiger partial charge in [0.2, 0.25) is 5.91 Å². The maximum atomic E-state index is 11.3.